The molecule has 134 valence electrons. The molecule has 0 saturated heterocycles. The first-order valence-electron chi connectivity index (χ1n) is 7.74. The molecule has 0 saturated carbocycles. The zero-order valence-corrected chi connectivity index (χ0v) is 14.1. The lowest BCUT2D eigenvalue weighted by Crippen LogP contribution is -2.30. The highest BCUT2D eigenvalue weighted by Gasteiger charge is 2.11. The van der Waals surface area contributed by atoms with E-state index in [1.165, 1.54) is 0 Å². The molecule has 0 aliphatic heterocycles. The molecule has 2 atom stereocenters. The van der Waals surface area contributed by atoms with Crippen LogP contribution in [0.15, 0.2) is 0 Å². The van der Waals surface area contributed by atoms with E-state index in [9.17, 15) is 15.3 Å². The lowest BCUT2D eigenvalue weighted by atomic mass is 10.3. The lowest BCUT2D eigenvalue weighted by Gasteiger charge is -2.17. The van der Waals surface area contributed by atoms with E-state index in [0.717, 1.165) is 0 Å². The molecule has 0 bridgehead atoms. The van der Waals surface area contributed by atoms with Gasteiger partial charge in [-0.3, -0.25) is 0 Å². The summed E-state index contributed by atoms with van der Waals surface area (Å²) in [4.78, 5) is 0. The van der Waals surface area contributed by atoms with Crippen molar-refractivity contribution in [2.24, 2.45) is 0 Å². The van der Waals surface area contributed by atoms with Gasteiger partial charge in [0.15, 0.2) is 0 Å². The Balaban J connectivity index is 3.51. The van der Waals surface area contributed by atoms with Crippen molar-refractivity contribution in [1.29, 1.82) is 0 Å². The van der Waals surface area contributed by atoms with E-state index in [1.54, 1.807) is 0 Å². The fourth-order valence-electron chi connectivity index (χ4n) is 1.43. The van der Waals surface area contributed by atoms with Crippen LogP contribution in [0.2, 0.25) is 0 Å². The van der Waals surface area contributed by atoms with Crippen molar-refractivity contribution in [2.75, 3.05) is 39.6 Å². The standard InChI is InChI=1S/C15H32O7/c1-11(2)21-9-14(17)7-19-5-13(16)6-20-8-15(18)10-22-12(3)4/h11-18H,5-10H2,1-4H3. The summed E-state index contributed by atoms with van der Waals surface area (Å²) in [5.74, 6) is 0. The summed E-state index contributed by atoms with van der Waals surface area (Å²) in [5, 5.41) is 28.7. The Morgan fingerprint density at radius 3 is 1.09 bits per heavy atom. The molecule has 0 aliphatic carbocycles. The van der Waals surface area contributed by atoms with Gasteiger partial charge in [-0.2, -0.15) is 0 Å². The highest BCUT2D eigenvalue weighted by Crippen LogP contribution is 1.96. The Bertz CT molecular complexity index is 224. The van der Waals surface area contributed by atoms with Crippen molar-refractivity contribution in [1.82, 2.24) is 0 Å². The van der Waals surface area contributed by atoms with Gasteiger partial charge in [-0.1, -0.05) is 0 Å². The maximum Gasteiger partial charge on any atom is 0.101 e. The van der Waals surface area contributed by atoms with Crippen molar-refractivity contribution in [2.45, 2.75) is 58.2 Å². The second-order valence-electron chi connectivity index (χ2n) is 5.80. The average molecular weight is 324 g/mol. The number of hydrogen-bond donors (Lipinski definition) is 3. The maximum atomic E-state index is 9.64. The van der Waals surface area contributed by atoms with Crippen molar-refractivity contribution in [3.05, 3.63) is 0 Å². The van der Waals surface area contributed by atoms with Crippen molar-refractivity contribution in [3.63, 3.8) is 0 Å². The zero-order chi connectivity index (χ0) is 17.0. The predicted octanol–water partition coefficient (Wildman–Crippen LogP) is -0.0477. The molecule has 0 fully saturated rings. The minimum Gasteiger partial charge on any atom is -0.388 e. The summed E-state index contributed by atoms with van der Waals surface area (Å²) in [5.41, 5.74) is 0. The number of aliphatic hydroxyl groups is 3. The Morgan fingerprint density at radius 2 is 0.818 bits per heavy atom. The van der Waals surface area contributed by atoms with Gasteiger partial charge in [0.2, 0.25) is 0 Å². The SMILES string of the molecule is CC(C)OCC(O)COCC(O)COCC(O)COC(C)C. The molecular weight excluding hydrogens is 292 g/mol. The summed E-state index contributed by atoms with van der Waals surface area (Å²) in [6.45, 7) is 8.23. The first-order chi connectivity index (χ1) is 10.3. The van der Waals surface area contributed by atoms with E-state index in [0.29, 0.717) is 0 Å². The fraction of sp³-hybridized carbons (Fsp3) is 1.00. The third-order valence-electron chi connectivity index (χ3n) is 2.48. The van der Waals surface area contributed by atoms with E-state index < -0.39 is 18.3 Å². The topological polar surface area (TPSA) is 97.6 Å². The van der Waals surface area contributed by atoms with Crippen LogP contribution in [0.4, 0.5) is 0 Å². The molecule has 0 spiro atoms. The molecule has 0 amide bonds. The van der Waals surface area contributed by atoms with E-state index in [2.05, 4.69) is 0 Å². The number of aliphatic hydroxyl groups excluding tert-OH is 3. The van der Waals surface area contributed by atoms with E-state index in [4.69, 9.17) is 18.9 Å². The van der Waals surface area contributed by atoms with Crippen LogP contribution in [0.25, 0.3) is 0 Å². The Labute approximate surface area is 133 Å². The Morgan fingerprint density at radius 1 is 0.545 bits per heavy atom. The van der Waals surface area contributed by atoms with Crippen LogP contribution >= 0.6 is 0 Å². The van der Waals surface area contributed by atoms with Crippen molar-refractivity contribution in [3.8, 4) is 0 Å². The quantitative estimate of drug-likeness (QED) is 0.412. The number of ether oxygens (including phenoxy) is 4. The van der Waals surface area contributed by atoms with Crippen LogP contribution in [0, 0.1) is 0 Å². The fourth-order valence-corrected chi connectivity index (χ4v) is 1.43. The molecule has 0 aromatic rings. The van der Waals surface area contributed by atoms with Gasteiger partial charge in [0.05, 0.1) is 51.8 Å². The largest absolute Gasteiger partial charge is 0.388 e. The van der Waals surface area contributed by atoms with Gasteiger partial charge in [0.25, 0.3) is 0 Å². The third kappa shape index (κ3) is 14.6. The van der Waals surface area contributed by atoms with Gasteiger partial charge in [-0.15, -0.1) is 0 Å². The van der Waals surface area contributed by atoms with Gasteiger partial charge in [-0.05, 0) is 27.7 Å². The van der Waals surface area contributed by atoms with Gasteiger partial charge in [-0.25, -0.2) is 0 Å². The molecular formula is C15H32O7. The van der Waals surface area contributed by atoms with Crippen LogP contribution < -0.4 is 0 Å². The summed E-state index contributed by atoms with van der Waals surface area (Å²) < 4.78 is 20.8. The number of hydrogen-bond acceptors (Lipinski definition) is 7. The molecule has 0 aromatic heterocycles. The first-order valence-corrected chi connectivity index (χ1v) is 7.74. The summed E-state index contributed by atoms with van der Waals surface area (Å²) in [6, 6.07) is 0. The molecule has 0 heterocycles. The van der Waals surface area contributed by atoms with Crippen molar-refractivity contribution < 1.29 is 34.3 Å². The van der Waals surface area contributed by atoms with Gasteiger partial charge >= 0.3 is 0 Å². The monoisotopic (exact) mass is 324 g/mol. The molecule has 3 N–H and O–H groups in total. The zero-order valence-electron chi connectivity index (χ0n) is 14.1. The molecule has 0 rings (SSSR count). The Kier molecular flexibility index (Phi) is 13.0. The smallest absolute Gasteiger partial charge is 0.101 e. The molecule has 2 unspecified atom stereocenters. The highest BCUT2D eigenvalue weighted by atomic mass is 16.5. The highest BCUT2D eigenvalue weighted by molar-refractivity contribution is 4.58. The second kappa shape index (κ2) is 13.2. The van der Waals surface area contributed by atoms with E-state index in [1.807, 2.05) is 27.7 Å². The molecule has 7 heteroatoms. The normalized spacial score (nSPS) is 16.2. The minimum atomic E-state index is -0.809. The van der Waals surface area contributed by atoms with Crippen LogP contribution in [0.3, 0.4) is 0 Å². The second-order valence-corrected chi connectivity index (χ2v) is 5.80. The molecule has 0 aromatic carbocycles. The Hall–Kier alpha value is -0.280. The van der Waals surface area contributed by atoms with Gasteiger partial charge < -0.3 is 34.3 Å². The van der Waals surface area contributed by atoms with Crippen LogP contribution in [-0.4, -0.2) is 85.5 Å². The summed E-state index contributed by atoms with van der Waals surface area (Å²) in [7, 11) is 0. The number of rotatable bonds is 14. The molecule has 0 radical (unpaired) electrons. The minimum absolute atomic E-state index is 0.0529. The lowest BCUT2D eigenvalue weighted by molar-refractivity contribution is -0.0777. The van der Waals surface area contributed by atoms with Gasteiger partial charge in [0, 0.05) is 0 Å². The van der Waals surface area contributed by atoms with E-state index in [-0.39, 0.29) is 51.8 Å². The molecule has 22 heavy (non-hydrogen) atoms. The molecule has 0 aliphatic rings. The van der Waals surface area contributed by atoms with Crippen molar-refractivity contribution >= 4 is 0 Å². The third-order valence-corrected chi connectivity index (χ3v) is 2.48. The predicted molar refractivity (Wildman–Crippen MR) is 81.8 cm³/mol. The van der Waals surface area contributed by atoms with E-state index >= 15 is 0 Å². The van der Waals surface area contributed by atoms with Gasteiger partial charge in [0.1, 0.15) is 18.3 Å². The van der Waals surface area contributed by atoms with Crippen LogP contribution in [0.5, 0.6) is 0 Å². The summed E-state index contributed by atoms with van der Waals surface area (Å²) in [6.07, 6.45) is -2.13. The molecule has 7 nitrogen and oxygen atoms in total. The van der Waals surface area contributed by atoms with Crippen LogP contribution in [0.1, 0.15) is 27.7 Å². The maximum absolute atomic E-state index is 9.64. The van der Waals surface area contributed by atoms with Crippen LogP contribution in [-0.2, 0) is 18.9 Å². The summed E-state index contributed by atoms with van der Waals surface area (Å²) >= 11 is 0. The average Bonchev–Trinajstić information content (AvgIpc) is 2.43. The first kappa shape index (κ1) is 21.7.